The second-order valence-electron chi connectivity index (χ2n) is 7.53. The maximum absolute atomic E-state index is 13.5. The SMILES string of the molecule is O=C(NCc1cn(-c2cccc(Cl)c2)nc1C(F)(F)F)N1CCN(c2ccc(Cl)cc2)CC1. The predicted molar refractivity (Wildman–Crippen MR) is 121 cm³/mol. The monoisotopic (exact) mass is 497 g/mol. The first-order chi connectivity index (χ1) is 15.7. The molecule has 2 aromatic carbocycles. The number of piperazine rings is 1. The zero-order valence-corrected chi connectivity index (χ0v) is 18.8. The quantitative estimate of drug-likeness (QED) is 0.536. The van der Waals surface area contributed by atoms with Gasteiger partial charge in [-0.05, 0) is 42.5 Å². The topological polar surface area (TPSA) is 53.4 Å². The third kappa shape index (κ3) is 5.54. The summed E-state index contributed by atoms with van der Waals surface area (Å²) in [5, 5.41) is 7.30. The Morgan fingerprint density at radius 1 is 0.970 bits per heavy atom. The predicted octanol–water partition coefficient (Wildman–Crippen LogP) is 5.23. The summed E-state index contributed by atoms with van der Waals surface area (Å²) >= 11 is 11.9. The average molecular weight is 498 g/mol. The third-order valence-corrected chi connectivity index (χ3v) is 5.81. The van der Waals surface area contributed by atoms with Gasteiger partial charge in [0, 0.05) is 60.2 Å². The Kier molecular flexibility index (Phi) is 6.71. The van der Waals surface area contributed by atoms with Crippen molar-refractivity contribution in [3.05, 3.63) is 76.0 Å². The van der Waals surface area contributed by atoms with Gasteiger partial charge < -0.3 is 15.1 Å². The molecule has 2 heterocycles. The van der Waals surface area contributed by atoms with Crippen LogP contribution in [0.3, 0.4) is 0 Å². The smallest absolute Gasteiger partial charge is 0.368 e. The number of amides is 2. The highest BCUT2D eigenvalue weighted by atomic mass is 35.5. The molecule has 0 saturated carbocycles. The van der Waals surface area contributed by atoms with Gasteiger partial charge in [0.1, 0.15) is 0 Å². The van der Waals surface area contributed by atoms with Crippen LogP contribution in [0.1, 0.15) is 11.3 Å². The van der Waals surface area contributed by atoms with Crippen LogP contribution in [0.15, 0.2) is 54.7 Å². The molecule has 0 bridgehead atoms. The molecule has 0 aliphatic carbocycles. The third-order valence-electron chi connectivity index (χ3n) is 5.32. The van der Waals surface area contributed by atoms with Gasteiger partial charge in [0.05, 0.1) is 5.69 Å². The lowest BCUT2D eigenvalue weighted by molar-refractivity contribution is -0.142. The number of nitrogens with one attached hydrogen (secondary N) is 1. The van der Waals surface area contributed by atoms with Gasteiger partial charge in [0.15, 0.2) is 5.69 Å². The molecule has 1 aliphatic heterocycles. The Morgan fingerprint density at radius 3 is 2.30 bits per heavy atom. The Bertz CT molecular complexity index is 1130. The van der Waals surface area contributed by atoms with E-state index >= 15 is 0 Å². The number of alkyl halides is 3. The lowest BCUT2D eigenvalue weighted by Gasteiger charge is -2.36. The van der Waals surface area contributed by atoms with Crippen molar-refractivity contribution in [2.45, 2.75) is 12.7 Å². The van der Waals surface area contributed by atoms with Crippen molar-refractivity contribution in [3.8, 4) is 5.69 Å². The minimum absolute atomic E-state index is 0.129. The second kappa shape index (κ2) is 9.52. The molecule has 0 radical (unpaired) electrons. The van der Waals surface area contributed by atoms with Gasteiger partial charge in [-0.3, -0.25) is 0 Å². The number of benzene rings is 2. The maximum Gasteiger partial charge on any atom is 0.435 e. The molecule has 1 saturated heterocycles. The second-order valence-corrected chi connectivity index (χ2v) is 8.41. The van der Waals surface area contributed by atoms with E-state index < -0.39 is 17.9 Å². The lowest BCUT2D eigenvalue weighted by atomic mass is 10.2. The Morgan fingerprint density at radius 2 is 1.67 bits per heavy atom. The van der Waals surface area contributed by atoms with Gasteiger partial charge in [-0.1, -0.05) is 29.3 Å². The Balaban J connectivity index is 1.40. The van der Waals surface area contributed by atoms with E-state index in [9.17, 15) is 18.0 Å². The van der Waals surface area contributed by atoms with E-state index in [1.807, 2.05) is 12.1 Å². The van der Waals surface area contributed by atoms with Crippen molar-refractivity contribution in [2.75, 3.05) is 31.1 Å². The molecule has 1 N–H and O–H groups in total. The maximum atomic E-state index is 13.5. The first kappa shape index (κ1) is 23.3. The summed E-state index contributed by atoms with van der Waals surface area (Å²) in [6.07, 6.45) is -3.40. The Labute approximate surface area is 198 Å². The first-order valence-corrected chi connectivity index (χ1v) is 10.9. The number of anilines is 1. The molecule has 1 fully saturated rings. The lowest BCUT2D eigenvalue weighted by Crippen LogP contribution is -2.51. The number of halogens is 5. The molecule has 0 spiro atoms. The van der Waals surface area contributed by atoms with Gasteiger partial charge in [-0.2, -0.15) is 18.3 Å². The highest BCUT2D eigenvalue weighted by Gasteiger charge is 2.37. The zero-order chi connectivity index (χ0) is 23.6. The zero-order valence-electron chi connectivity index (χ0n) is 17.3. The van der Waals surface area contributed by atoms with Crippen molar-refractivity contribution in [1.29, 1.82) is 0 Å². The number of carbonyl (C=O) groups is 1. The number of rotatable bonds is 4. The molecule has 11 heteroatoms. The number of hydrogen-bond acceptors (Lipinski definition) is 3. The van der Waals surface area contributed by atoms with E-state index in [0.717, 1.165) is 10.4 Å². The largest absolute Gasteiger partial charge is 0.435 e. The normalized spacial score (nSPS) is 14.5. The van der Waals surface area contributed by atoms with Gasteiger partial charge in [0.2, 0.25) is 0 Å². The van der Waals surface area contributed by atoms with Crippen molar-refractivity contribution in [1.82, 2.24) is 20.0 Å². The van der Waals surface area contributed by atoms with Crippen LogP contribution in [0.2, 0.25) is 10.0 Å². The first-order valence-electron chi connectivity index (χ1n) is 10.2. The fourth-order valence-corrected chi connectivity index (χ4v) is 3.94. The van der Waals surface area contributed by atoms with Gasteiger partial charge in [-0.25, -0.2) is 9.48 Å². The molecule has 33 heavy (non-hydrogen) atoms. The van der Waals surface area contributed by atoms with Crippen LogP contribution in [0.5, 0.6) is 0 Å². The van der Waals surface area contributed by atoms with Crippen molar-refractivity contribution < 1.29 is 18.0 Å². The minimum atomic E-state index is -4.66. The summed E-state index contributed by atoms with van der Waals surface area (Å²) < 4.78 is 41.7. The van der Waals surface area contributed by atoms with Crippen LogP contribution < -0.4 is 10.2 Å². The van der Waals surface area contributed by atoms with Gasteiger partial charge in [-0.15, -0.1) is 0 Å². The minimum Gasteiger partial charge on any atom is -0.368 e. The number of nitrogens with zero attached hydrogens (tertiary/aromatic N) is 4. The number of hydrogen-bond donors (Lipinski definition) is 1. The number of aromatic nitrogens is 2. The molecule has 1 aromatic heterocycles. The van der Waals surface area contributed by atoms with E-state index in [2.05, 4.69) is 15.3 Å². The molecule has 4 rings (SSSR count). The summed E-state index contributed by atoms with van der Waals surface area (Å²) in [7, 11) is 0. The van der Waals surface area contributed by atoms with Gasteiger partial charge >= 0.3 is 12.2 Å². The summed E-state index contributed by atoms with van der Waals surface area (Å²) in [6, 6.07) is 13.4. The van der Waals surface area contributed by atoms with Crippen LogP contribution in [-0.4, -0.2) is 46.9 Å². The average Bonchev–Trinajstić information content (AvgIpc) is 3.23. The van der Waals surface area contributed by atoms with Crippen LogP contribution in [0, 0.1) is 0 Å². The van der Waals surface area contributed by atoms with Crippen LogP contribution in [0.4, 0.5) is 23.7 Å². The van der Waals surface area contributed by atoms with E-state index in [1.165, 1.54) is 12.3 Å². The number of carbonyl (C=O) groups excluding carboxylic acids is 1. The van der Waals surface area contributed by atoms with Crippen LogP contribution >= 0.6 is 23.2 Å². The highest BCUT2D eigenvalue weighted by Crippen LogP contribution is 2.31. The molecular formula is C22H20Cl2F3N5O. The van der Waals surface area contributed by atoms with E-state index in [0.29, 0.717) is 41.9 Å². The standard InChI is InChI=1S/C22H20Cl2F3N5O/c23-16-4-6-18(7-5-16)30-8-10-31(11-9-30)21(33)28-13-15-14-32(29-20(15)22(25,26)27)19-3-1-2-17(24)12-19/h1-7,12,14H,8-11,13H2,(H,28,33). The highest BCUT2D eigenvalue weighted by molar-refractivity contribution is 6.31. The molecule has 0 atom stereocenters. The van der Waals surface area contributed by atoms with E-state index in [-0.39, 0.29) is 12.1 Å². The summed E-state index contributed by atoms with van der Waals surface area (Å²) in [5.74, 6) is 0. The molecule has 3 aromatic rings. The number of urea groups is 1. The summed E-state index contributed by atoms with van der Waals surface area (Å²) in [5.41, 5.74) is 0.220. The van der Waals surface area contributed by atoms with Crippen molar-refractivity contribution >= 4 is 34.9 Å². The van der Waals surface area contributed by atoms with Crippen LogP contribution in [-0.2, 0) is 12.7 Å². The molecule has 0 unspecified atom stereocenters. The fourth-order valence-electron chi connectivity index (χ4n) is 3.63. The summed E-state index contributed by atoms with van der Waals surface area (Å²) in [4.78, 5) is 16.3. The van der Waals surface area contributed by atoms with Crippen molar-refractivity contribution in [3.63, 3.8) is 0 Å². The fraction of sp³-hybridized carbons (Fsp3) is 0.273. The van der Waals surface area contributed by atoms with Crippen molar-refractivity contribution in [2.24, 2.45) is 0 Å². The molecule has 1 aliphatic rings. The molecule has 6 nitrogen and oxygen atoms in total. The molecule has 2 amide bonds. The Hall–Kier alpha value is -2.91. The van der Waals surface area contributed by atoms with E-state index in [1.54, 1.807) is 35.2 Å². The summed E-state index contributed by atoms with van der Waals surface area (Å²) in [6.45, 7) is 1.81. The molecule has 174 valence electrons. The van der Waals surface area contributed by atoms with E-state index in [4.69, 9.17) is 23.2 Å². The van der Waals surface area contributed by atoms with Gasteiger partial charge in [0.25, 0.3) is 0 Å². The molecular weight excluding hydrogens is 478 g/mol. The van der Waals surface area contributed by atoms with Crippen LogP contribution in [0.25, 0.3) is 5.69 Å².